The molecule has 2 radical (unpaired) electrons. The fraction of sp³-hybridized carbons (Fsp3) is 0.212. The number of aryl methyl sites for hydroxylation is 12. The van der Waals surface area contributed by atoms with Crippen molar-refractivity contribution in [2.75, 3.05) is 10.7 Å². The van der Waals surface area contributed by atoms with Crippen LogP contribution in [0.5, 0.6) is 11.5 Å². The maximum atomic E-state index is 12.6. The SMILES string of the molecule is CCBr.CCBr.CCc1c(C)ccc[n+]1CC.CCc1ncccc1C.Cc1c(C(=O)C(N)=O)c2c(C)cccn2c1Cc1ccccc1-c1ccccc1.Cc1c(C(=O)C(N)=O)c2c(O)cccn2c1Cc1ccccc1-c1ccccc1.Cc1cc2c(C)cccn2c1.Cc1cccn2cc(O)c(C)c12.Cc1cn2cccc(C)c2c1C.ICc1ccccc1-c1ccccc1.O=CO[O-].O=CO[O-].[2HH].[Br-].[CH3-].[HH].[K+].[K+].[K].[K].[Na+].[OH-].[Pd]. The number of nitrogens with two attached hydrogens (primary N) is 2. The first-order valence-corrected chi connectivity index (χ1v) is 50.0. The van der Waals surface area contributed by atoms with Crippen molar-refractivity contribution in [3.63, 3.8) is 0 Å². The van der Waals surface area contributed by atoms with Gasteiger partial charge in [-0.1, -0.05) is 276 Å². The van der Waals surface area contributed by atoms with Crippen LogP contribution in [0.2, 0.25) is 0 Å². The van der Waals surface area contributed by atoms with Crippen LogP contribution in [0, 0.1) is 90.5 Å². The molecule has 0 saturated carbocycles. The first-order chi connectivity index (χ1) is 67.8. The van der Waals surface area contributed by atoms with Gasteiger partial charge in [-0.25, -0.2) is 4.57 Å². The second-order valence-electron chi connectivity index (χ2n) is 32.6. The van der Waals surface area contributed by atoms with E-state index in [1.54, 1.807) is 29.8 Å². The Balaban J connectivity index is -0.000000543. The van der Waals surface area contributed by atoms with Crippen molar-refractivity contribution in [1.29, 1.82) is 0 Å². The number of nitrogens with zero attached hydrogens (tertiary/aromatic N) is 7. The van der Waals surface area contributed by atoms with Gasteiger partial charge in [-0.3, -0.25) is 33.8 Å². The third kappa shape index (κ3) is 43.4. The summed E-state index contributed by atoms with van der Waals surface area (Å²) < 4.78 is 13.4. The number of carbonyl (C=O) groups is 6. The Morgan fingerprint density at radius 3 is 1.19 bits per heavy atom. The van der Waals surface area contributed by atoms with E-state index in [2.05, 4.69) is 328 Å². The fourth-order valence-corrected chi connectivity index (χ4v) is 17.2. The number of rotatable bonds is 17. The number of halogens is 4. The summed E-state index contributed by atoms with van der Waals surface area (Å²) in [4.78, 5) is 75.1. The van der Waals surface area contributed by atoms with Crippen molar-refractivity contribution in [2.24, 2.45) is 11.5 Å². The van der Waals surface area contributed by atoms with E-state index in [-0.39, 0.29) is 313 Å². The summed E-state index contributed by atoms with van der Waals surface area (Å²) in [5, 5.41) is 38.8. The minimum Gasteiger partial charge on any atom is -1.00 e. The Kier molecular flexibility index (Phi) is 78.7. The van der Waals surface area contributed by atoms with Gasteiger partial charge >= 0.3 is 132 Å². The molecular formula is C118H135Br3IK4N9NaO13Pd-. The number of Topliss-reactive ketones (excluding diaryl/α,β-unsaturated/α-hetero) is 2. The molecule has 0 aliphatic heterocycles. The summed E-state index contributed by atoms with van der Waals surface area (Å²) >= 11 is 8.70. The number of aromatic nitrogens is 7. The second-order valence-corrected chi connectivity index (χ2v) is 35.7. The van der Waals surface area contributed by atoms with Crippen molar-refractivity contribution >= 4 is 221 Å². The first-order valence-electron chi connectivity index (χ1n) is 46.2. The maximum absolute atomic E-state index is 12.6. The van der Waals surface area contributed by atoms with Crippen molar-refractivity contribution in [3.05, 3.63) is 442 Å². The standard InChI is InChI=1S/C25H22N2O2.C24H20N2O3.C13H11I.C11H13N.C10H11NO.C10H11N.C10H16N.C8H11N.2C2H5Br.2CH2O3.CH3.BrH.4K.Na.H2O.Pd.2H2/c1-16-9-8-14-27-21(17(2)22(23(16)27)24(28)25(26)29)15-19-12-6-7-13-20(19)18-10-4-3-5-11-18;1-15-19(14-17-10-5-6-11-18(17)16-8-3-2-4-9-16)26-13-7-12-20(27)22(26)21(15)23(28)24(25)29;14-10-12-8-4-5-9-13(12)11-6-2-1-3-7-11;1-8-5-4-6-12-7-9(2)10(3)11(8)12;1-7-4-3-5-11-6-9(12)8(2)10(7)11;1-8-6-10-9(2)4-3-5-11(10)7-8;1-4-10-9(3)7-6-8-11(10)5-2;1-3-8-7(2)5-4-6-9-8;2*1-2-3;2*2-1-4-3;;;;;;;;;;;/h3-14H,15H2,1-2H3,(H2,26,29);2-13,27H,14H2,1H3,(H2,25,29);1-9H,10H2;4-7H,1-3H3;3-6,12H,1-2H3;3-7H,1-2H3;6-8H,4-5H2,1-3H3;4-6H,3H2,1-2H3;2*2H2,1H3;2*1,3H;1H3;1H;;;;;;1H2;;2*1H/q;;;;;;+1;;;;;;-1;;;;3*+1;;;;/p-4/i;;;;;;;;;;;;;;;;;;;;;1+1;. The molecule has 0 unspecified atom stereocenters. The van der Waals surface area contributed by atoms with E-state index in [0.29, 0.717) is 35.2 Å². The maximum Gasteiger partial charge on any atom is 1.00 e. The van der Waals surface area contributed by atoms with E-state index in [1.807, 2.05) is 166 Å². The molecule has 0 bridgehead atoms. The zero-order valence-electron chi connectivity index (χ0n) is 90.4. The Labute approximate surface area is 1130 Å². The van der Waals surface area contributed by atoms with Gasteiger partial charge in [0.2, 0.25) is 0 Å². The van der Waals surface area contributed by atoms with E-state index in [9.17, 15) is 29.4 Å². The smallest absolute Gasteiger partial charge is 1.00 e. The molecule has 774 valence electrons. The molecule has 32 heteroatoms. The Hall–Kier alpha value is -5.50. The molecule has 0 spiro atoms. The van der Waals surface area contributed by atoms with Gasteiger partial charge in [0, 0.05) is 250 Å². The largest absolute Gasteiger partial charge is 1.00 e. The molecule has 12 heterocycles. The summed E-state index contributed by atoms with van der Waals surface area (Å²) in [5.74, 6) is -3.12. The molecule has 12 aromatic heterocycles. The zero-order valence-corrected chi connectivity index (χ0v) is 113. The second kappa shape index (κ2) is 79.5. The number of alkyl halides is 3. The molecule has 2 amide bonds. The average molecular weight is 2540 g/mol. The third-order valence-electron chi connectivity index (χ3n) is 23.2. The van der Waals surface area contributed by atoms with Crippen LogP contribution in [0.15, 0.2) is 317 Å². The first kappa shape index (κ1) is 149. The predicted octanol–water partition coefficient (Wildman–Crippen LogP) is 11.8. The zero-order chi connectivity index (χ0) is 103. The number of hydrogen-bond acceptors (Lipinski definition) is 14. The summed E-state index contributed by atoms with van der Waals surface area (Å²) in [6, 6.07) is 85.8. The number of fused-ring (bicyclic) bond motifs is 5. The number of benzene rings is 6. The van der Waals surface area contributed by atoms with Crippen molar-refractivity contribution in [3.8, 4) is 44.9 Å². The van der Waals surface area contributed by atoms with Gasteiger partial charge in [0.15, 0.2) is 11.9 Å². The Bertz CT molecular complexity index is 6890. The number of carbonyl (C=O) groups excluding carboxylic acids is 6. The van der Waals surface area contributed by atoms with Gasteiger partial charge < -0.3 is 93.9 Å². The molecule has 18 aromatic rings. The van der Waals surface area contributed by atoms with Gasteiger partial charge in [0.1, 0.15) is 18.0 Å². The van der Waals surface area contributed by atoms with Crippen LogP contribution < -0.4 is 176 Å². The number of amides is 2. The normalized spacial score (nSPS) is 9.53. The van der Waals surface area contributed by atoms with E-state index in [0.717, 1.165) is 107 Å². The summed E-state index contributed by atoms with van der Waals surface area (Å²) in [6.07, 6.45) is 23.2. The van der Waals surface area contributed by atoms with Gasteiger partial charge in [-0.05, 0) is 257 Å². The minimum atomic E-state index is -1.04. The van der Waals surface area contributed by atoms with Crippen LogP contribution in [0.3, 0.4) is 0 Å². The van der Waals surface area contributed by atoms with Gasteiger partial charge in [0.05, 0.1) is 39.4 Å². The Morgan fingerprint density at radius 2 is 0.807 bits per heavy atom. The van der Waals surface area contributed by atoms with Crippen LogP contribution in [-0.4, -0.2) is 192 Å². The number of ketones is 2. The number of pyridine rings is 7. The van der Waals surface area contributed by atoms with Gasteiger partial charge in [0.25, 0.3) is 36.3 Å². The van der Waals surface area contributed by atoms with Crippen molar-refractivity contribution < 1.29 is 242 Å². The quantitative estimate of drug-likeness (QED) is 0.00629. The summed E-state index contributed by atoms with van der Waals surface area (Å²) in [5.41, 5.74) is 45.2. The van der Waals surface area contributed by atoms with Crippen molar-refractivity contribution in [1.82, 2.24) is 27.0 Å². The van der Waals surface area contributed by atoms with E-state index in [4.69, 9.17) is 31.6 Å². The van der Waals surface area contributed by atoms with E-state index < -0.39 is 23.4 Å². The van der Waals surface area contributed by atoms with Crippen LogP contribution in [0.1, 0.15) is 164 Å². The molecular weight excluding hydrogens is 2400 g/mol. The molecule has 0 aliphatic carbocycles. The molecule has 0 atom stereocenters. The predicted molar refractivity (Wildman–Crippen MR) is 606 cm³/mol. The van der Waals surface area contributed by atoms with Gasteiger partial charge in [-0.15, -0.1) is 0 Å². The monoisotopic (exact) mass is 2540 g/mol. The van der Waals surface area contributed by atoms with E-state index in [1.165, 1.54) is 89.7 Å². The molecule has 7 N–H and O–H groups in total. The minimum absolute atomic E-state index is 0. The topological polar surface area (TPSA) is 328 Å². The van der Waals surface area contributed by atoms with E-state index >= 15 is 0 Å². The van der Waals surface area contributed by atoms with Crippen LogP contribution in [-0.2, 0) is 86.0 Å². The van der Waals surface area contributed by atoms with Crippen molar-refractivity contribution in [2.45, 2.75) is 154 Å². The number of hydrogen-bond donors (Lipinski definition) is 4. The Morgan fingerprint density at radius 1 is 0.447 bits per heavy atom. The molecule has 150 heavy (non-hydrogen) atoms. The van der Waals surface area contributed by atoms with Gasteiger partial charge in [-0.2, -0.15) is 0 Å². The molecule has 0 saturated heterocycles. The molecule has 22 nitrogen and oxygen atoms in total. The summed E-state index contributed by atoms with van der Waals surface area (Å²) in [7, 11) is 0. The third-order valence-corrected chi connectivity index (χ3v) is 24.1. The average Bonchev–Trinajstić information content (AvgIpc) is 1.60. The molecule has 0 aliphatic rings. The fourth-order valence-electron chi connectivity index (χ4n) is 16.5. The van der Waals surface area contributed by atoms with Crippen LogP contribution >= 0.6 is 54.5 Å². The number of primary amides is 2. The van der Waals surface area contributed by atoms with Crippen LogP contribution in [0.25, 0.3) is 61.0 Å². The molecule has 0 fully saturated rings. The summed E-state index contributed by atoms with van der Waals surface area (Å²) in [6.45, 7) is 35.9. The molecule has 18 rings (SSSR count). The number of aromatic hydroxyl groups is 2. The van der Waals surface area contributed by atoms with Crippen LogP contribution in [0.4, 0.5) is 0 Å². The molecule has 6 aromatic carbocycles.